The lowest BCUT2D eigenvalue weighted by molar-refractivity contribution is 0.263. The second kappa shape index (κ2) is 7.35. The van der Waals surface area contributed by atoms with E-state index in [-0.39, 0.29) is 0 Å². The first kappa shape index (κ1) is 13.1. The third-order valence-corrected chi connectivity index (χ3v) is 2.36. The summed E-state index contributed by atoms with van der Waals surface area (Å²) in [5, 5.41) is 7.06. The third kappa shape index (κ3) is 4.72. The molecule has 1 rings (SSSR count). The van der Waals surface area contributed by atoms with E-state index in [4.69, 9.17) is 4.52 Å². The molecule has 1 N–H and O–H groups in total. The van der Waals surface area contributed by atoms with Crippen molar-refractivity contribution in [2.75, 3.05) is 27.2 Å². The zero-order valence-electron chi connectivity index (χ0n) is 10.5. The van der Waals surface area contributed by atoms with Gasteiger partial charge in [0.15, 0.2) is 5.82 Å². The summed E-state index contributed by atoms with van der Waals surface area (Å²) < 4.78 is 5.18. The van der Waals surface area contributed by atoms with Crippen LogP contribution in [0.3, 0.4) is 0 Å². The van der Waals surface area contributed by atoms with Crippen LogP contribution in [-0.4, -0.2) is 42.2 Å². The molecule has 1 aromatic heterocycles. The molecule has 0 atom stereocenters. The van der Waals surface area contributed by atoms with Crippen LogP contribution >= 0.6 is 0 Å². The summed E-state index contributed by atoms with van der Waals surface area (Å²) in [4.78, 5) is 6.53. The number of hydrogen-bond donors (Lipinski definition) is 1. The number of rotatable bonds is 8. The van der Waals surface area contributed by atoms with Crippen molar-refractivity contribution >= 4 is 0 Å². The predicted octanol–water partition coefficient (Wildman–Crippen LogP) is 1.06. The van der Waals surface area contributed by atoms with Crippen molar-refractivity contribution in [2.24, 2.45) is 0 Å². The molecule has 0 aliphatic carbocycles. The molecule has 0 saturated heterocycles. The highest BCUT2D eigenvalue weighted by Gasteiger charge is 2.07. The Hall–Kier alpha value is -0.940. The van der Waals surface area contributed by atoms with E-state index in [2.05, 4.69) is 34.3 Å². The van der Waals surface area contributed by atoms with E-state index in [1.165, 1.54) is 0 Å². The van der Waals surface area contributed by atoms with Crippen LogP contribution in [0.25, 0.3) is 0 Å². The summed E-state index contributed by atoms with van der Waals surface area (Å²) in [6.45, 7) is 4.92. The lowest BCUT2D eigenvalue weighted by Crippen LogP contribution is -2.22. The minimum Gasteiger partial charge on any atom is -0.338 e. The average molecular weight is 226 g/mol. The maximum Gasteiger partial charge on any atom is 0.240 e. The monoisotopic (exact) mass is 226 g/mol. The molecule has 92 valence electrons. The molecule has 0 aliphatic rings. The molecule has 0 amide bonds. The molecule has 16 heavy (non-hydrogen) atoms. The molecule has 0 spiro atoms. The van der Waals surface area contributed by atoms with Crippen LogP contribution in [0.1, 0.15) is 31.5 Å². The van der Waals surface area contributed by atoms with E-state index in [0.717, 1.165) is 50.6 Å². The Morgan fingerprint density at radius 1 is 1.44 bits per heavy atom. The largest absolute Gasteiger partial charge is 0.338 e. The van der Waals surface area contributed by atoms with Crippen molar-refractivity contribution in [1.82, 2.24) is 20.4 Å². The van der Waals surface area contributed by atoms with Crippen LogP contribution in [0.2, 0.25) is 0 Å². The molecule has 5 nitrogen and oxygen atoms in total. The van der Waals surface area contributed by atoms with E-state index in [1.54, 1.807) is 0 Å². The maximum absolute atomic E-state index is 5.18. The Morgan fingerprint density at radius 2 is 2.25 bits per heavy atom. The third-order valence-electron chi connectivity index (χ3n) is 2.36. The number of nitrogens with zero attached hydrogens (tertiary/aromatic N) is 3. The van der Waals surface area contributed by atoms with Crippen LogP contribution < -0.4 is 5.32 Å². The fourth-order valence-electron chi connectivity index (χ4n) is 1.52. The lowest BCUT2D eigenvalue weighted by Gasteiger charge is -2.13. The van der Waals surface area contributed by atoms with Gasteiger partial charge in [-0.15, -0.1) is 0 Å². The van der Waals surface area contributed by atoms with Gasteiger partial charge in [-0.1, -0.05) is 12.1 Å². The van der Waals surface area contributed by atoms with Crippen LogP contribution in [0.4, 0.5) is 0 Å². The Balaban J connectivity index is 2.28. The van der Waals surface area contributed by atoms with Crippen LogP contribution in [-0.2, 0) is 13.0 Å². The molecule has 0 unspecified atom stereocenters. The van der Waals surface area contributed by atoms with Gasteiger partial charge >= 0.3 is 0 Å². The van der Waals surface area contributed by atoms with Gasteiger partial charge in [0.25, 0.3) is 0 Å². The number of aryl methyl sites for hydroxylation is 1. The Kier molecular flexibility index (Phi) is 6.03. The second-order valence-electron chi connectivity index (χ2n) is 4.05. The molecule has 5 heteroatoms. The molecule has 1 aromatic rings. The van der Waals surface area contributed by atoms with Crippen molar-refractivity contribution < 1.29 is 4.52 Å². The highest BCUT2D eigenvalue weighted by molar-refractivity contribution is 4.85. The maximum atomic E-state index is 5.18. The van der Waals surface area contributed by atoms with Gasteiger partial charge in [-0.05, 0) is 40.0 Å². The molecule has 1 heterocycles. The van der Waals surface area contributed by atoms with E-state index >= 15 is 0 Å². The summed E-state index contributed by atoms with van der Waals surface area (Å²) in [5.74, 6) is 1.54. The SMILES string of the molecule is CCCc1noc(CN(C)CCCNC)n1. The van der Waals surface area contributed by atoms with Gasteiger partial charge in [0.1, 0.15) is 0 Å². The van der Waals surface area contributed by atoms with E-state index < -0.39 is 0 Å². The molecular formula is C11H22N4O. The zero-order chi connectivity index (χ0) is 11.8. The highest BCUT2D eigenvalue weighted by Crippen LogP contribution is 2.03. The summed E-state index contributed by atoms with van der Waals surface area (Å²) in [7, 11) is 4.04. The molecule has 0 saturated carbocycles. The smallest absolute Gasteiger partial charge is 0.240 e. The molecule has 0 aromatic carbocycles. The predicted molar refractivity (Wildman–Crippen MR) is 63.2 cm³/mol. The summed E-state index contributed by atoms with van der Waals surface area (Å²) in [6.07, 6.45) is 3.08. The van der Waals surface area contributed by atoms with Gasteiger partial charge in [-0.25, -0.2) is 0 Å². The van der Waals surface area contributed by atoms with Gasteiger partial charge in [-0.2, -0.15) is 4.98 Å². The van der Waals surface area contributed by atoms with Crippen molar-refractivity contribution in [3.8, 4) is 0 Å². The first-order valence-electron chi connectivity index (χ1n) is 5.90. The quantitative estimate of drug-likeness (QED) is 0.672. The summed E-state index contributed by atoms with van der Waals surface area (Å²) in [5.41, 5.74) is 0. The number of nitrogens with one attached hydrogen (secondary N) is 1. The zero-order valence-corrected chi connectivity index (χ0v) is 10.5. The van der Waals surface area contributed by atoms with Crippen LogP contribution in [0, 0.1) is 0 Å². The van der Waals surface area contributed by atoms with Gasteiger partial charge < -0.3 is 9.84 Å². The van der Waals surface area contributed by atoms with Crippen molar-refractivity contribution in [1.29, 1.82) is 0 Å². The fraction of sp³-hybridized carbons (Fsp3) is 0.818. The van der Waals surface area contributed by atoms with E-state index in [9.17, 15) is 0 Å². The highest BCUT2D eigenvalue weighted by atomic mass is 16.5. The van der Waals surface area contributed by atoms with Gasteiger partial charge in [0.05, 0.1) is 6.54 Å². The van der Waals surface area contributed by atoms with E-state index in [1.807, 2.05) is 7.05 Å². The van der Waals surface area contributed by atoms with E-state index in [0.29, 0.717) is 0 Å². The van der Waals surface area contributed by atoms with Gasteiger partial charge in [0.2, 0.25) is 5.89 Å². The van der Waals surface area contributed by atoms with Gasteiger partial charge in [-0.3, -0.25) is 4.90 Å². The Morgan fingerprint density at radius 3 is 2.94 bits per heavy atom. The van der Waals surface area contributed by atoms with Crippen molar-refractivity contribution in [2.45, 2.75) is 32.7 Å². The van der Waals surface area contributed by atoms with Gasteiger partial charge in [0, 0.05) is 6.42 Å². The average Bonchev–Trinajstić information content (AvgIpc) is 2.66. The van der Waals surface area contributed by atoms with Crippen molar-refractivity contribution in [3.05, 3.63) is 11.7 Å². The lowest BCUT2D eigenvalue weighted by atomic mass is 10.3. The Bertz CT molecular complexity index is 287. The summed E-state index contributed by atoms with van der Waals surface area (Å²) in [6, 6.07) is 0. The molecule has 0 fully saturated rings. The topological polar surface area (TPSA) is 54.2 Å². The molecule has 0 radical (unpaired) electrons. The Labute approximate surface area is 97.2 Å². The molecule has 0 bridgehead atoms. The number of aromatic nitrogens is 2. The number of hydrogen-bond acceptors (Lipinski definition) is 5. The molecular weight excluding hydrogens is 204 g/mol. The second-order valence-corrected chi connectivity index (χ2v) is 4.05. The summed E-state index contributed by atoms with van der Waals surface area (Å²) >= 11 is 0. The normalized spacial score (nSPS) is 11.2. The minimum atomic E-state index is 0.718. The first-order valence-corrected chi connectivity index (χ1v) is 5.90. The van der Waals surface area contributed by atoms with Crippen LogP contribution in [0.15, 0.2) is 4.52 Å². The first-order chi connectivity index (χ1) is 7.76. The standard InChI is InChI=1S/C11H22N4O/c1-4-6-10-13-11(16-14-10)9-15(3)8-5-7-12-2/h12H,4-9H2,1-3H3. The molecule has 0 aliphatic heterocycles. The van der Waals surface area contributed by atoms with Crippen LogP contribution in [0.5, 0.6) is 0 Å². The van der Waals surface area contributed by atoms with Crippen molar-refractivity contribution in [3.63, 3.8) is 0 Å². The fourth-order valence-corrected chi connectivity index (χ4v) is 1.52. The minimum absolute atomic E-state index is 0.718.